The van der Waals surface area contributed by atoms with Gasteiger partial charge in [-0.3, -0.25) is 4.79 Å². The zero-order valence-corrected chi connectivity index (χ0v) is 18.0. The van der Waals surface area contributed by atoms with Gasteiger partial charge in [-0.2, -0.15) is 4.31 Å². The molecule has 0 spiro atoms. The Morgan fingerprint density at radius 3 is 2.46 bits per heavy atom. The average molecular weight is 409 g/mol. The number of piperidine rings is 2. The maximum absolute atomic E-state index is 13.0. The number of hydrogen-bond acceptors (Lipinski definition) is 4. The summed E-state index contributed by atoms with van der Waals surface area (Å²) >= 11 is 0. The smallest absolute Gasteiger partial charge is 0.243 e. The van der Waals surface area contributed by atoms with E-state index in [1.165, 1.54) is 4.31 Å². The highest BCUT2D eigenvalue weighted by molar-refractivity contribution is 7.89. The van der Waals surface area contributed by atoms with E-state index >= 15 is 0 Å². The van der Waals surface area contributed by atoms with Gasteiger partial charge in [0, 0.05) is 38.7 Å². The highest BCUT2D eigenvalue weighted by Crippen LogP contribution is 2.27. The molecule has 0 saturated carbocycles. The van der Waals surface area contributed by atoms with Gasteiger partial charge in [0.25, 0.3) is 0 Å². The molecule has 2 aliphatic heterocycles. The van der Waals surface area contributed by atoms with Crippen LogP contribution in [0.1, 0.15) is 43.7 Å². The molecule has 0 aromatic heterocycles. The third-order valence-electron chi connectivity index (χ3n) is 6.01. The summed E-state index contributed by atoms with van der Waals surface area (Å²) in [5.41, 5.74) is 2.05. The van der Waals surface area contributed by atoms with Crippen LogP contribution in [0.4, 0.5) is 0 Å². The van der Waals surface area contributed by atoms with Crippen LogP contribution in [0.5, 0.6) is 0 Å². The van der Waals surface area contributed by atoms with Gasteiger partial charge in [0.1, 0.15) is 0 Å². The van der Waals surface area contributed by atoms with Crippen molar-refractivity contribution in [3.05, 3.63) is 29.3 Å². The van der Waals surface area contributed by atoms with Crippen molar-refractivity contribution in [3.63, 3.8) is 0 Å². The molecule has 3 rings (SSSR count). The van der Waals surface area contributed by atoms with Gasteiger partial charge in [0.05, 0.1) is 11.0 Å². The van der Waals surface area contributed by atoms with Crippen LogP contribution in [0.3, 0.4) is 0 Å². The van der Waals surface area contributed by atoms with Gasteiger partial charge >= 0.3 is 0 Å². The summed E-state index contributed by atoms with van der Waals surface area (Å²) in [6, 6.07) is 5.27. The molecular weight excluding hydrogens is 376 g/mol. The summed E-state index contributed by atoms with van der Waals surface area (Å²) in [5.74, 6) is 0.0687. The van der Waals surface area contributed by atoms with Crippen LogP contribution in [0.25, 0.3) is 0 Å². The number of nitrogens with zero attached hydrogens (tertiary/aromatic N) is 2. The van der Waals surface area contributed by atoms with Crippen molar-refractivity contribution < 1.29 is 17.9 Å². The third kappa shape index (κ3) is 4.58. The van der Waals surface area contributed by atoms with E-state index in [2.05, 4.69) is 0 Å². The fourth-order valence-electron chi connectivity index (χ4n) is 4.13. The lowest BCUT2D eigenvalue weighted by Crippen LogP contribution is -2.48. The molecule has 6 nitrogen and oxygen atoms in total. The van der Waals surface area contributed by atoms with Crippen molar-refractivity contribution in [3.8, 4) is 0 Å². The molecule has 2 fully saturated rings. The molecule has 1 unspecified atom stereocenters. The highest BCUT2D eigenvalue weighted by Gasteiger charge is 2.35. The van der Waals surface area contributed by atoms with Crippen molar-refractivity contribution in [2.24, 2.45) is 5.92 Å². The molecule has 2 heterocycles. The van der Waals surface area contributed by atoms with E-state index in [0.29, 0.717) is 44.0 Å². The Morgan fingerprint density at radius 1 is 1.11 bits per heavy atom. The summed E-state index contributed by atoms with van der Waals surface area (Å²) in [6.07, 6.45) is 3.27. The molecular formula is C21H32N2O4S. The molecule has 1 aromatic rings. The molecule has 28 heavy (non-hydrogen) atoms. The average Bonchev–Trinajstić information content (AvgIpc) is 2.70. The maximum Gasteiger partial charge on any atom is 0.243 e. The van der Waals surface area contributed by atoms with Gasteiger partial charge in [-0.25, -0.2) is 8.42 Å². The van der Waals surface area contributed by atoms with E-state index in [-0.39, 0.29) is 17.9 Å². The molecule has 0 radical (unpaired) electrons. The predicted molar refractivity (Wildman–Crippen MR) is 109 cm³/mol. The second kappa shape index (κ2) is 8.93. The van der Waals surface area contributed by atoms with Crippen LogP contribution in [0, 0.1) is 19.8 Å². The number of carbonyl (C=O) groups is 1. The minimum atomic E-state index is -3.50. The molecule has 1 atom stereocenters. The van der Waals surface area contributed by atoms with Gasteiger partial charge in [0.15, 0.2) is 0 Å². The van der Waals surface area contributed by atoms with Gasteiger partial charge in [0.2, 0.25) is 15.9 Å². The number of likely N-dealkylation sites (tertiary alicyclic amines) is 1. The molecule has 0 aliphatic carbocycles. The summed E-state index contributed by atoms with van der Waals surface area (Å²) < 4.78 is 33.1. The summed E-state index contributed by atoms with van der Waals surface area (Å²) in [7, 11) is -3.50. The lowest BCUT2D eigenvalue weighted by Gasteiger charge is -2.37. The number of carbonyl (C=O) groups excluding carboxylic acids is 1. The Hall–Kier alpha value is -1.44. The SMILES string of the molecule is CCOC1CCCN(C(=O)C2CCN(S(=O)(=O)c3ccc(C)c(C)c3)CC2)C1. The first-order chi connectivity index (χ1) is 13.3. The first-order valence-corrected chi connectivity index (χ1v) is 11.7. The molecule has 1 amide bonds. The Labute approximate surface area is 168 Å². The van der Waals surface area contributed by atoms with Gasteiger partial charge in [-0.05, 0) is 69.7 Å². The predicted octanol–water partition coefficient (Wildman–Crippen LogP) is 2.73. The Balaban J connectivity index is 1.60. The Bertz CT molecular complexity index is 799. The van der Waals surface area contributed by atoms with Crippen LogP contribution in [0.2, 0.25) is 0 Å². The quantitative estimate of drug-likeness (QED) is 0.751. The first-order valence-electron chi connectivity index (χ1n) is 10.3. The zero-order valence-electron chi connectivity index (χ0n) is 17.2. The van der Waals surface area contributed by atoms with Crippen LogP contribution < -0.4 is 0 Å². The number of aryl methyl sites for hydroxylation is 2. The van der Waals surface area contributed by atoms with Crippen LogP contribution in [0.15, 0.2) is 23.1 Å². The number of sulfonamides is 1. The summed E-state index contributed by atoms with van der Waals surface area (Å²) in [4.78, 5) is 15.2. The van der Waals surface area contributed by atoms with E-state index in [9.17, 15) is 13.2 Å². The van der Waals surface area contributed by atoms with Crippen molar-refractivity contribution in [2.75, 3.05) is 32.8 Å². The van der Waals surface area contributed by atoms with Crippen molar-refractivity contribution in [1.82, 2.24) is 9.21 Å². The lowest BCUT2D eigenvalue weighted by atomic mass is 9.95. The Morgan fingerprint density at radius 2 is 1.82 bits per heavy atom. The monoisotopic (exact) mass is 408 g/mol. The standard InChI is InChI=1S/C21H32N2O4S/c1-4-27-19-6-5-11-22(15-19)21(24)18-9-12-23(13-10-18)28(25,26)20-8-7-16(2)17(3)14-20/h7-8,14,18-19H,4-6,9-13,15H2,1-3H3. The second-order valence-electron chi connectivity index (χ2n) is 7.93. The molecule has 1 aromatic carbocycles. The van der Waals surface area contributed by atoms with E-state index in [4.69, 9.17) is 4.74 Å². The van der Waals surface area contributed by atoms with Gasteiger partial charge in [-0.1, -0.05) is 6.07 Å². The third-order valence-corrected chi connectivity index (χ3v) is 7.91. The lowest BCUT2D eigenvalue weighted by molar-refractivity contribution is -0.140. The number of benzene rings is 1. The second-order valence-corrected chi connectivity index (χ2v) is 9.87. The number of hydrogen-bond donors (Lipinski definition) is 0. The van der Waals surface area contributed by atoms with Gasteiger partial charge in [-0.15, -0.1) is 0 Å². The maximum atomic E-state index is 13.0. The Kier molecular flexibility index (Phi) is 6.78. The minimum absolute atomic E-state index is 0.0911. The topological polar surface area (TPSA) is 66.9 Å². The molecule has 2 aliphatic rings. The molecule has 0 bridgehead atoms. The molecule has 0 N–H and O–H groups in total. The minimum Gasteiger partial charge on any atom is -0.377 e. The molecule has 156 valence electrons. The molecule has 7 heteroatoms. The summed E-state index contributed by atoms with van der Waals surface area (Å²) in [6.45, 7) is 8.78. The van der Waals surface area contributed by atoms with Crippen molar-refractivity contribution in [1.29, 1.82) is 0 Å². The van der Waals surface area contributed by atoms with E-state index in [1.54, 1.807) is 12.1 Å². The highest BCUT2D eigenvalue weighted by atomic mass is 32.2. The van der Waals surface area contributed by atoms with Crippen molar-refractivity contribution >= 4 is 15.9 Å². The number of amides is 1. The van der Waals surface area contributed by atoms with Gasteiger partial charge < -0.3 is 9.64 Å². The van der Waals surface area contributed by atoms with Crippen LogP contribution >= 0.6 is 0 Å². The molecule has 2 saturated heterocycles. The normalized spacial score (nSPS) is 22.4. The fraction of sp³-hybridized carbons (Fsp3) is 0.667. The zero-order chi connectivity index (χ0) is 20.3. The van der Waals surface area contributed by atoms with E-state index < -0.39 is 10.0 Å². The van der Waals surface area contributed by atoms with Crippen LogP contribution in [-0.4, -0.2) is 62.4 Å². The van der Waals surface area contributed by atoms with E-state index in [1.807, 2.05) is 31.7 Å². The fourth-order valence-corrected chi connectivity index (χ4v) is 5.69. The summed E-state index contributed by atoms with van der Waals surface area (Å²) in [5, 5.41) is 0. The first kappa shape index (κ1) is 21.3. The largest absolute Gasteiger partial charge is 0.377 e. The van der Waals surface area contributed by atoms with E-state index in [0.717, 1.165) is 30.5 Å². The number of rotatable bonds is 5. The van der Waals surface area contributed by atoms with Crippen LogP contribution in [-0.2, 0) is 19.6 Å². The number of ether oxygens (including phenoxy) is 1. The van der Waals surface area contributed by atoms with Crippen molar-refractivity contribution in [2.45, 2.75) is 57.5 Å².